The molecule has 2 aliphatic rings. The summed E-state index contributed by atoms with van der Waals surface area (Å²) < 4.78 is 8.52. The summed E-state index contributed by atoms with van der Waals surface area (Å²) in [6.07, 6.45) is 8.43. The van der Waals surface area contributed by atoms with E-state index >= 15 is 0 Å². The average Bonchev–Trinajstić information content (AvgIpc) is 3.46. The summed E-state index contributed by atoms with van der Waals surface area (Å²) in [5.41, 5.74) is 6.47. The summed E-state index contributed by atoms with van der Waals surface area (Å²) in [6, 6.07) is 14.5. The van der Waals surface area contributed by atoms with Gasteiger partial charge in [-0.25, -0.2) is 0 Å². The molecule has 0 spiro atoms. The molecular formula is C27H29N5O. The summed E-state index contributed by atoms with van der Waals surface area (Å²) in [6.45, 7) is 5.31. The lowest BCUT2D eigenvalue weighted by atomic mass is 9.93. The maximum absolute atomic E-state index is 6.37. The van der Waals surface area contributed by atoms with E-state index in [9.17, 15) is 0 Å². The second-order valence-corrected chi connectivity index (χ2v) is 9.16. The smallest absolute Gasteiger partial charge is 0.121 e. The lowest BCUT2D eigenvalue weighted by Crippen LogP contribution is -2.35. The molecule has 0 saturated carbocycles. The van der Waals surface area contributed by atoms with E-state index in [4.69, 9.17) is 14.8 Å². The van der Waals surface area contributed by atoms with Crippen LogP contribution in [0.25, 0.3) is 33.4 Å². The van der Waals surface area contributed by atoms with Crippen molar-refractivity contribution in [2.24, 2.45) is 5.92 Å². The normalized spacial score (nSPS) is 17.2. The number of fused-ring (bicyclic) bond motifs is 2. The van der Waals surface area contributed by atoms with Gasteiger partial charge in [0, 0.05) is 41.6 Å². The van der Waals surface area contributed by atoms with Gasteiger partial charge in [0.15, 0.2) is 0 Å². The Morgan fingerprint density at radius 2 is 1.97 bits per heavy atom. The SMILES string of the molecule is CC(Oc1ccc2c(-c3c(-c4ccccn4)nn4c3CCC4)ccnc2c1)C1CCNCC1. The number of hydrogen-bond acceptors (Lipinski definition) is 5. The van der Waals surface area contributed by atoms with Crippen LogP contribution in [0.5, 0.6) is 5.75 Å². The van der Waals surface area contributed by atoms with Crippen molar-refractivity contribution in [3.8, 4) is 28.3 Å². The molecule has 1 N–H and O–H groups in total. The minimum Gasteiger partial charge on any atom is -0.490 e. The van der Waals surface area contributed by atoms with Crippen LogP contribution in [0.15, 0.2) is 54.9 Å². The number of piperidine rings is 1. The molecule has 4 aromatic rings. The van der Waals surface area contributed by atoms with Gasteiger partial charge >= 0.3 is 0 Å². The minimum absolute atomic E-state index is 0.197. The predicted molar refractivity (Wildman–Crippen MR) is 130 cm³/mol. The van der Waals surface area contributed by atoms with Crippen molar-refractivity contribution in [2.45, 2.75) is 45.3 Å². The second-order valence-electron chi connectivity index (χ2n) is 9.16. The van der Waals surface area contributed by atoms with E-state index in [-0.39, 0.29) is 6.10 Å². The van der Waals surface area contributed by atoms with Crippen LogP contribution in [0.4, 0.5) is 0 Å². The zero-order valence-corrected chi connectivity index (χ0v) is 19.0. The third-order valence-electron chi connectivity index (χ3n) is 7.10. The Hall–Kier alpha value is -3.25. The van der Waals surface area contributed by atoms with Crippen LogP contribution < -0.4 is 10.1 Å². The quantitative estimate of drug-likeness (QED) is 0.480. The first-order valence-electron chi connectivity index (χ1n) is 12.1. The molecule has 1 saturated heterocycles. The fourth-order valence-corrected chi connectivity index (χ4v) is 5.34. The largest absolute Gasteiger partial charge is 0.490 e. The number of benzene rings is 1. The third-order valence-corrected chi connectivity index (χ3v) is 7.10. The summed E-state index contributed by atoms with van der Waals surface area (Å²) >= 11 is 0. The van der Waals surface area contributed by atoms with Crippen LogP contribution >= 0.6 is 0 Å². The molecule has 0 aliphatic carbocycles. The molecule has 33 heavy (non-hydrogen) atoms. The standard InChI is InChI=1S/C27H29N5O/c1-18(19-9-13-28-14-10-19)33-20-7-8-21-22(11-15-30-24(21)17-20)26-25-6-4-16-32(25)31-27(26)23-5-2-3-12-29-23/h2-3,5,7-8,11-12,15,17-19,28H,4,6,9-10,13-14,16H2,1H3. The minimum atomic E-state index is 0.197. The molecule has 0 amide bonds. The Kier molecular flexibility index (Phi) is 5.30. The molecule has 1 aromatic carbocycles. The van der Waals surface area contributed by atoms with E-state index in [0.29, 0.717) is 5.92 Å². The summed E-state index contributed by atoms with van der Waals surface area (Å²) in [5, 5.41) is 9.52. The van der Waals surface area contributed by atoms with Gasteiger partial charge in [-0.1, -0.05) is 6.07 Å². The molecule has 5 heterocycles. The number of nitrogens with one attached hydrogen (secondary N) is 1. The van der Waals surface area contributed by atoms with Crippen molar-refractivity contribution in [1.29, 1.82) is 0 Å². The van der Waals surface area contributed by atoms with Gasteiger partial charge in [-0.05, 0) is 87.5 Å². The first-order chi connectivity index (χ1) is 16.3. The maximum Gasteiger partial charge on any atom is 0.121 e. The molecule has 1 atom stereocenters. The highest BCUT2D eigenvalue weighted by molar-refractivity contribution is 5.99. The lowest BCUT2D eigenvalue weighted by molar-refractivity contribution is 0.128. The highest BCUT2D eigenvalue weighted by atomic mass is 16.5. The van der Waals surface area contributed by atoms with Gasteiger partial charge in [0.25, 0.3) is 0 Å². The van der Waals surface area contributed by atoms with E-state index in [1.54, 1.807) is 0 Å². The Bertz CT molecular complexity index is 1280. The van der Waals surface area contributed by atoms with E-state index in [2.05, 4.69) is 46.2 Å². The average molecular weight is 440 g/mol. The highest BCUT2D eigenvalue weighted by Crippen LogP contribution is 2.40. The molecule has 168 valence electrons. The van der Waals surface area contributed by atoms with Crippen molar-refractivity contribution in [3.63, 3.8) is 0 Å². The van der Waals surface area contributed by atoms with Gasteiger partial charge < -0.3 is 10.1 Å². The number of aromatic nitrogens is 4. The molecule has 6 heteroatoms. The lowest BCUT2D eigenvalue weighted by Gasteiger charge is -2.28. The number of ether oxygens (including phenoxy) is 1. The Morgan fingerprint density at radius 1 is 1.06 bits per heavy atom. The van der Waals surface area contributed by atoms with Crippen molar-refractivity contribution < 1.29 is 4.74 Å². The Morgan fingerprint density at radius 3 is 2.82 bits per heavy atom. The van der Waals surface area contributed by atoms with E-state index in [1.165, 1.54) is 29.7 Å². The van der Waals surface area contributed by atoms with Crippen LogP contribution in [0.2, 0.25) is 0 Å². The predicted octanol–water partition coefficient (Wildman–Crippen LogP) is 4.87. The molecular weight excluding hydrogens is 410 g/mol. The number of nitrogens with zero attached hydrogens (tertiary/aromatic N) is 4. The van der Waals surface area contributed by atoms with Crippen molar-refractivity contribution in [3.05, 3.63) is 60.6 Å². The highest BCUT2D eigenvalue weighted by Gasteiger charge is 2.26. The van der Waals surface area contributed by atoms with E-state index < -0.39 is 0 Å². The monoisotopic (exact) mass is 439 g/mol. The van der Waals surface area contributed by atoms with Gasteiger partial charge in [0.2, 0.25) is 0 Å². The molecule has 0 bridgehead atoms. The third kappa shape index (κ3) is 3.78. The zero-order valence-electron chi connectivity index (χ0n) is 19.0. The van der Waals surface area contributed by atoms with Crippen LogP contribution in [-0.4, -0.2) is 38.9 Å². The fraction of sp³-hybridized carbons (Fsp3) is 0.370. The van der Waals surface area contributed by atoms with Crippen LogP contribution in [0.3, 0.4) is 0 Å². The number of pyridine rings is 2. The fourth-order valence-electron chi connectivity index (χ4n) is 5.34. The molecule has 6 rings (SSSR count). The van der Waals surface area contributed by atoms with Crippen LogP contribution in [0, 0.1) is 5.92 Å². The first-order valence-corrected chi connectivity index (χ1v) is 12.1. The topological polar surface area (TPSA) is 64.9 Å². The number of aryl methyl sites for hydroxylation is 1. The summed E-state index contributed by atoms with van der Waals surface area (Å²) in [5.74, 6) is 1.49. The Labute approximate surface area is 194 Å². The molecule has 2 aliphatic heterocycles. The van der Waals surface area contributed by atoms with Crippen molar-refractivity contribution in [2.75, 3.05) is 13.1 Å². The summed E-state index contributed by atoms with van der Waals surface area (Å²) in [4.78, 5) is 9.30. The van der Waals surface area contributed by atoms with Crippen LogP contribution in [-0.2, 0) is 13.0 Å². The van der Waals surface area contributed by atoms with Crippen LogP contribution in [0.1, 0.15) is 31.9 Å². The van der Waals surface area contributed by atoms with Gasteiger partial charge in [-0.3, -0.25) is 14.6 Å². The molecule has 6 nitrogen and oxygen atoms in total. The molecule has 3 aromatic heterocycles. The molecule has 1 unspecified atom stereocenters. The van der Waals surface area contributed by atoms with Crippen molar-refractivity contribution in [1.82, 2.24) is 25.1 Å². The van der Waals surface area contributed by atoms with Gasteiger partial charge in [0.05, 0.1) is 17.3 Å². The van der Waals surface area contributed by atoms with Crippen molar-refractivity contribution >= 4 is 10.9 Å². The van der Waals surface area contributed by atoms with Gasteiger partial charge in [-0.2, -0.15) is 5.10 Å². The van der Waals surface area contributed by atoms with Gasteiger partial charge in [-0.15, -0.1) is 0 Å². The van der Waals surface area contributed by atoms with Gasteiger partial charge in [0.1, 0.15) is 11.4 Å². The second kappa shape index (κ2) is 8.60. The van der Waals surface area contributed by atoms with E-state index in [0.717, 1.165) is 60.5 Å². The molecule has 0 radical (unpaired) electrons. The summed E-state index contributed by atoms with van der Waals surface area (Å²) in [7, 11) is 0. The Balaban J connectivity index is 1.39. The molecule has 1 fully saturated rings. The maximum atomic E-state index is 6.37. The first kappa shape index (κ1) is 20.4. The number of rotatable bonds is 5. The number of hydrogen-bond donors (Lipinski definition) is 1. The van der Waals surface area contributed by atoms with E-state index in [1.807, 2.05) is 30.6 Å². The zero-order chi connectivity index (χ0) is 22.2.